The Kier molecular flexibility index (Phi) is 12.5. The van der Waals surface area contributed by atoms with Crippen molar-refractivity contribution in [3.05, 3.63) is 28.8 Å². The number of phenolic OH excluding ortho intramolecular Hbond substituents is 2. The van der Waals surface area contributed by atoms with Crippen molar-refractivity contribution in [2.24, 2.45) is 38.9 Å². The van der Waals surface area contributed by atoms with Gasteiger partial charge in [0.2, 0.25) is 6.29 Å². The number of hydrogen-bond acceptors (Lipinski definition) is 16. The molecule has 9 N–H and O–H groups in total. The zero-order chi connectivity index (χ0) is 48.4. The van der Waals surface area contributed by atoms with Crippen LogP contribution in [-0.4, -0.2) is 127 Å². The molecule has 6 spiro atoms. The van der Waals surface area contributed by atoms with Crippen molar-refractivity contribution >= 4 is 44.1 Å². The zero-order valence-corrected chi connectivity index (χ0v) is 41.7. The summed E-state index contributed by atoms with van der Waals surface area (Å²) in [5.41, 5.74) is 6.42. The van der Waals surface area contributed by atoms with Crippen LogP contribution in [0.1, 0.15) is 149 Å². The number of ketones is 1. The molecule has 17 heteroatoms. The zero-order valence-electron chi connectivity index (χ0n) is 40.1. The average Bonchev–Trinajstić information content (AvgIpc) is 4.10. The largest absolute Gasteiger partial charge is 0.507 e. The van der Waals surface area contributed by atoms with Crippen molar-refractivity contribution in [3.8, 4) is 17.2 Å². The molecule has 13 unspecified atom stereocenters. The monoisotopic (exact) mass is 996 g/mol. The second kappa shape index (κ2) is 17.6. The minimum absolute atomic E-state index is 0.000736. The number of nitrogens with one attached hydrogen (secondary N) is 2. The molecule has 4 saturated heterocycles. The third kappa shape index (κ3) is 7.38. The molecule has 69 heavy (non-hydrogen) atoms. The van der Waals surface area contributed by atoms with Crippen LogP contribution in [0.4, 0.5) is 0 Å². The number of ether oxygens (including phenoxy) is 4. The quantitative estimate of drug-likeness (QED) is 0.0745. The van der Waals surface area contributed by atoms with Gasteiger partial charge >= 0.3 is 5.97 Å². The summed E-state index contributed by atoms with van der Waals surface area (Å²) in [6.07, 6.45) is 13.5. The van der Waals surface area contributed by atoms with E-state index in [0.29, 0.717) is 42.9 Å². The first-order valence-electron chi connectivity index (χ1n) is 25.7. The highest BCUT2D eigenvalue weighted by molar-refractivity contribution is 8.76. The number of phenols is 2. The predicted octanol–water partition coefficient (Wildman–Crippen LogP) is 6.88. The standard InChI is InChI=1S/C52H72N2O13S2/c1-29-37(30(2)57)40(59)38-33(39(29)58)17-31(44(62)63)18-34(38)66-45-41(60)43(61)52(36(21-56)67-45)15-14-51-25-48(19-32-22-64-26-47(42(32)51,9-6-16-55)27-68-69-28-65-52)24-50(20-35(48)53-54-51)11-5-10-49(50)13-12-46(23-49)7-3-4-8-46/h17-18,32,35-36,41-43,45,53-56,58-61H,3-16,19-28H2,1-2H3,(H,62,63). The number of Topliss-reactive ketones (excluding diaryl/α,β-unsaturated/α-hetero) is 1. The van der Waals surface area contributed by atoms with E-state index in [1.54, 1.807) is 10.8 Å². The van der Waals surface area contributed by atoms with Crippen molar-refractivity contribution in [1.82, 2.24) is 10.9 Å². The van der Waals surface area contributed by atoms with Gasteiger partial charge in [0.25, 0.3) is 0 Å². The van der Waals surface area contributed by atoms with Crippen LogP contribution >= 0.6 is 21.6 Å². The Morgan fingerprint density at radius 3 is 2.46 bits per heavy atom. The lowest BCUT2D eigenvalue weighted by atomic mass is 9.46. The van der Waals surface area contributed by atoms with Crippen LogP contribution < -0.4 is 15.6 Å². The van der Waals surface area contributed by atoms with Crippen molar-refractivity contribution in [3.63, 3.8) is 0 Å². The summed E-state index contributed by atoms with van der Waals surface area (Å²) in [7, 11) is 3.17. The number of carboxylic acid groups (broad SMARTS) is 1. The van der Waals surface area contributed by atoms with E-state index in [1.165, 1.54) is 102 Å². The smallest absolute Gasteiger partial charge is 0.335 e. The third-order valence-electron chi connectivity index (χ3n) is 20.4. The lowest BCUT2D eigenvalue weighted by Crippen LogP contribution is -2.77. The molecule has 5 aliphatic carbocycles. The predicted molar refractivity (Wildman–Crippen MR) is 259 cm³/mol. The number of fused-ring (bicyclic) bond motifs is 2. The van der Waals surface area contributed by atoms with Gasteiger partial charge in [-0.1, -0.05) is 40.9 Å². The maximum absolute atomic E-state index is 12.7. The van der Waals surface area contributed by atoms with Crippen LogP contribution in [0.3, 0.4) is 0 Å². The summed E-state index contributed by atoms with van der Waals surface area (Å²) in [5.74, 6) is -2.00. The lowest BCUT2D eigenvalue weighted by Gasteiger charge is -2.67. The second-order valence-electron chi connectivity index (χ2n) is 23.6. The van der Waals surface area contributed by atoms with E-state index < -0.39 is 65.6 Å². The highest BCUT2D eigenvalue weighted by Crippen LogP contribution is 2.77. The number of carbonyl (C=O) groups excluding carboxylic acids is 1. The van der Waals surface area contributed by atoms with E-state index in [0.717, 1.165) is 37.1 Å². The fourth-order valence-electron chi connectivity index (χ4n) is 17.8. The minimum Gasteiger partial charge on any atom is -0.507 e. The molecule has 15 nitrogen and oxygen atoms in total. The van der Waals surface area contributed by atoms with Gasteiger partial charge in [-0.2, -0.15) is 0 Å². The number of carbonyl (C=O) groups is 2. The van der Waals surface area contributed by atoms with Gasteiger partial charge in [0, 0.05) is 46.9 Å². The molecule has 0 amide bonds. The highest BCUT2D eigenvalue weighted by atomic mass is 33.1. The molecule has 2 aromatic carbocycles. The van der Waals surface area contributed by atoms with Crippen LogP contribution in [0.5, 0.6) is 17.2 Å². The van der Waals surface area contributed by atoms with Crippen LogP contribution in [0, 0.1) is 45.8 Å². The highest BCUT2D eigenvalue weighted by Gasteiger charge is 2.73. The number of rotatable bonds is 8. The summed E-state index contributed by atoms with van der Waals surface area (Å²) < 4.78 is 26.2. The first-order valence-corrected chi connectivity index (χ1v) is 28.2. The van der Waals surface area contributed by atoms with E-state index in [1.807, 2.05) is 0 Å². The van der Waals surface area contributed by atoms with Gasteiger partial charge in [0.1, 0.15) is 47.1 Å². The van der Waals surface area contributed by atoms with Crippen molar-refractivity contribution in [2.75, 3.05) is 38.1 Å². The van der Waals surface area contributed by atoms with Crippen LogP contribution in [-0.2, 0) is 14.2 Å². The minimum atomic E-state index is -1.81. The van der Waals surface area contributed by atoms with E-state index in [4.69, 9.17) is 18.9 Å². The van der Waals surface area contributed by atoms with E-state index in [-0.39, 0.29) is 80.3 Å². The molecule has 380 valence electrons. The Hall–Kier alpha value is -2.42. The van der Waals surface area contributed by atoms with E-state index >= 15 is 0 Å². The summed E-state index contributed by atoms with van der Waals surface area (Å²) >= 11 is 0. The van der Waals surface area contributed by atoms with Crippen LogP contribution in [0.25, 0.3) is 10.8 Å². The molecule has 5 saturated carbocycles. The molecule has 0 radical (unpaired) electrons. The maximum Gasteiger partial charge on any atom is 0.335 e. The number of carboxylic acids is 1. The molecular weight excluding hydrogens is 925 g/mol. The number of hydrazine groups is 1. The molecule has 0 aromatic heterocycles. The van der Waals surface area contributed by atoms with Gasteiger partial charge in [0.05, 0.1) is 29.7 Å². The molecule has 13 atom stereocenters. The van der Waals surface area contributed by atoms with Crippen LogP contribution in [0.15, 0.2) is 12.1 Å². The Morgan fingerprint density at radius 2 is 1.71 bits per heavy atom. The third-order valence-corrected chi connectivity index (χ3v) is 22.6. The molecule has 4 aliphatic heterocycles. The first-order chi connectivity index (χ1) is 33.0. The van der Waals surface area contributed by atoms with Gasteiger partial charge < -0.3 is 54.7 Å². The van der Waals surface area contributed by atoms with Crippen molar-refractivity contribution in [1.29, 1.82) is 0 Å². The summed E-state index contributed by atoms with van der Waals surface area (Å²) in [6.45, 7) is 3.34. The molecular formula is C52H72N2O13S2. The fraction of sp³-hybridized carbons (Fsp3) is 0.769. The number of benzene rings is 2. The van der Waals surface area contributed by atoms with Gasteiger partial charge in [-0.25, -0.2) is 4.79 Å². The topological polar surface area (TPSA) is 237 Å². The number of aromatic carboxylic acids is 1. The Balaban J connectivity index is 0.950. The Bertz CT molecular complexity index is 2370. The number of aliphatic hydroxyl groups excluding tert-OH is 4. The summed E-state index contributed by atoms with van der Waals surface area (Å²) in [6, 6.07) is 2.55. The first kappa shape index (κ1) is 48.8. The van der Waals surface area contributed by atoms with Crippen molar-refractivity contribution in [2.45, 2.75) is 171 Å². The summed E-state index contributed by atoms with van der Waals surface area (Å²) in [5, 5.41) is 79.0. The summed E-state index contributed by atoms with van der Waals surface area (Å²) in [4.78, 5) is 25.1. The van der Waals surface area contributed by atoms with Crippen LogP contribution in [0.2, 0.25) is 0 Å². The second-order valence-corrected chi connectivity index (χ2v) is 26.0. The number of aliphatic hydroxyl groups is 4. The average molecular weight is 997 g/mol. The Labute approximate surface area is 411 Å². The molecule has 11 rings (SSSR count). The van der Waals surface area contributed by atoms with Gasteiger partial charge in [-0.05, 0) is 156 Å². The number of hydrogen-bond donors (Lipinski definition) is 9. The Morgan fingerprint density at radius 1 is 0.913 bits per heavy atom. The van der Waals surface area contributed by atoms with Crippen molar-refractivity contribution < 1.29 is 64.3 Å². The van der Waals surface area contributed by atoms with Gasteiger partial charge in [-0.3, -0.25) is 15.6 Å². The molecule has 9 aliphatic rings. The lowest BCUT2D eigenvalue weighted by molar-refractivity contribution is -0.323. The normalized spacial score (nSPS) is 42.5. The van der Waals surface area contributed by atoms with Gasteiger partial charge in [-0.15, -0.1) is 0 Å². The molecule has 4 heterocycles. The maximum atomic E-state index is 12.7. The fourth-order valence-corrected chi connectivity index (χ4v) is 20.1. The van der Waals surface area contributed by atoms with Gasteiger partial charge in [0.15, 0.2) is 5.78 Å². The SMILES string of the molecule is CC(=O)c1c(C)c(O)c2cc(C(=O)O)cc(OC3OC(CO)C4(CCC56CC7(CC8COCC(CCCO)(CSSCO4)C85)CC4(CCCC45CCC4(CCCC4)C5)CC7NN6)C(O)C3O)c2c1O. The molecule has 2 aromatic rings. The molecule has 2 bridgehead atoms. The molecule has 9 fully saturated rings. The van der Waals surface area contributed by atoms with E-state index in [9.17, 15) is 45.3 Å². The van der Waals surface area contributed by atoms with E-state index in [2.05, 4.69) is 10.9 Å². The number of aromatic hydroxyl groups is 2.